The number of carbonyl (C=O) groups excluding carboxylic acids is 2. The molecule has 270 valence electrons. The Morgan fingerprint density at radius 3 is 2.18 bits per heavy atom. The first-order chi connectivity index (χ1) is 24.5. The summed E-state index contributed by atoms with van der Waals surface area (Å²) in [5, 5.41) is 3.29. The van der Waals surface area contributed by atoms with Crippen molar-refractivity contribution in [2.24, 2.45) is 0 Å². The van der Waals surface area contributed by atoms with Gasteiger partial charge in [-0.3, -0.25) is 13.9 Å². The fourth-order valence-electron chi connectivity index (χ4n) is 6.21. The molecule has 1 fully saturated rings. The molecule has 1 aliphatic carbocycles. The van der Waals surface area contributed by atoms with Gasteiger partial charge in [0.25, 0.3) is 10.0 Å². The molecule has 1 unspecified atom stereocenters. The second-order valence-corrected chi connectivity index (χ2v) is 14.5. The van der Waals surface area contributed by atoms with E-state index in [1.54, 1.807) is 6.07 Å². The third kappa shape index (κ3) is 8.92. The Hall–Kier alpha value is -4.81. The molecule has 0 saturated heterocycles. The summed E-state index contributed by atoms with van der Waals surface area (Å²) in [7, 11) is -0.395. The molecule has 1 aliphatic rings. The lowest BCUT2D eigenvalue weighted by Crippen LogP contribution is -2.54. The molecule has 10 nitrogen and oxygen atoms in total. The van der Waals surface area contributed by atoms with Crippen LogP contribution in [0.1, 0.15) is 36.8 Å². The number of methoxy groups -OCH3 is 3. The van der Waals surface area contributed by atoms with Gasteiger partial charge in [-0.15, -0.1) is 0 Å². The van der Waals surface area contributed by atoms with Crippen LogP contribution in [0.3, 0.4) is 0 Å². The third-order valence-electron chi connectivity index (χ3n) is 8.90. The Morgan fingerprint density at radius 1 is 0.863 bits per heavy atom. The predicted molar refractivity (Wildman–Crippen MR) is 193 cm³/mol. The second kappa shape index (κ2) is 16.9. The minimum atomic E-state index is -4.56. The van der Waals surface area contributed by atoms with E-state index < -0.39 is 40.2 Å². The number of rotatable bonds is 15. The summed E-state index contributed by atoms with van der Waals surface area (Å²) in [6, 6.07) is 22.4. The number of halogens is 2. The van der Waals surface area contributed by atoms with Gasteiger partial charge in [-0.05, 0) is 54.8 Å². The van der Waals surface area contributed by atoms with Crippen LogP contribution in [0.2, 0.25) is 5.02 Å². The molecule has 1 atom stereocenters. The monoisotopic (exact) mass is 737 g/mol. The maximum atomic E-state index is 15.2. The van der Waals surface area contributed by atoms with Crippen molar-refractivity contribution in [3.63, 3.8) is 0 Å². The van der Waals surface area contributed by atoms with Crippen LogP contribution in [0.5, 0.6) is 17.2 Å². The van der Waals surface area contributed by atoms with E-state index in [0.29, 0.717) is 5.75 Å². The topological polar surface area (TPSA) is 114 Å². The van der Waals surface area contributed by atoms with Gasteiger partial charge in [0.15, 0.2) is 11.5 Å². The van der Waals surface area contributed by atoms with Crippen LogP contribution in [0.4, 0.5) is 10.1 Å². The van der Waals surface area contributed by atoms with Gasteiger partial charge in [-0.1, -0.05) is 73.0 Å². The van der Waals surface area contributed by atoms with E-state index in [2.05, 4.69) is 5.32 Å². The lowest BCUT2D eigenvalue weighted by molar-refractivity contribution is -0.140. The highest BCUT2D eigenvalue weighted by molar-refractivity contribution is 7.92. The fourth-order valence-corrected chi connectivity index (χ4v) is 7.81. The number of sulfonamides is 1. The van der Waals surface area contributed by atoms with E-state index in [-0.39, 0.29) is 51.7 Å². The highest BCUT2D eigenvalue weighted by Gasteiger charge is 2.37. The van der Waals surface area contributed by atoms with Crippen molar-refractivity contribution in [1.82, 2.24) is 10.2 Å². The molecule has 5 rings (SSSR count). The summed E-state index contributed by atoms with van der Waals surface area (Å²) in [5.74, 6) is -1.17. The number of anilines is 1. The SMILES string of the molecule is COc1ccc(S(=O)(=O)N(CC(=O)N(Cc2ccccc2F)C(Cc2ccccc2)C(=O)NC2CCCC2)c2cc(Cl)ccc2OC)cc1OC. The number of nitrogens with zero attached hydrogens (tertiary/aromatic N) is 2. The van der Waals surface area contributed by atoms with Gasteiger partial charge in [0.2, 0.25) is 11.8 Å². The lowest BCUT2D eigenvalue weighted by atomic mass is 10.0. The minimum Gasteiger partial charge on any atom is -0.495 e. The zero-order chi connectivity index (χ0) is 36.5. The number of benzene rings is 4. The van der Waals surface area contributed by atoms with E-state index in [1.165, 1.54) is 80.8 Å². The molecule has 51 heavy (non-hydrogen) atoms. The van der Waals surface area contributed by atoms with Crippen molar-refractivity contribution in [1.29, 1.82) is 0 Å². The number of nitrogens with one attached hydrogen (secondary N) is 1. The molecule has 13 heteroatoms. The Morgan fingerprint density at radius 2 is 1.51 bits per heavy atom. The Kier molecular flexibility index (Phi) is 12.4. The Labute approximate surface area is 303 Å². The highest BCUT2D eigenvalue weighted by Crippen LogP contribution is 2.37. The van der Waals surface area contributed by atoms with Crippen LogP contribution >= 0.6 is 11.6 Å². The molecular weight excluding hydrogens is 697 g/mol. The Balaban J connectivity index is 1.63. The van der Waals surface area contributed by atoms with Gasteiger partial charge in [0, 0.05) is 35.7 Å². The first-order valence-corrected chi connectivity index (χ1v) is 18.3. The number of amides is 2. The van der Waals surface area contributed by atoms with Crippen molar-refractivity contribution in [3.8, 4) is 17.2 Å². The zero-order valence-electron chi connectivity index (χ0n) is 28.7. The normalized spacial score (nSPS) is 13.7. The lowest BCUT2D eigenvalue weighted by Gasteiger charge is -2.34. The average molecular weight is 738 g/mol. The van der Waals surface area contributed by atoms with E-state index in [1.807, 2.05) is 30.3 Å². The van der Waals surface area contributed by atoms with Crippen molar-refractivity contribution in [3.05, 3.63) is 113 Å². The molecule has 0 aromatic heterocycles. The van der Waals surface area contributed by atoms with Gasteiger partial charge in [0.1, 0.15) is 24.2 Å². The van der Waals surface area contributed by atoms with Crippen LogP contribution in [0.25, 0.3) is 0 Å². The largest absolute Gasteiger partial charge is 0.495 e. The molecule has 0 spiro atoms. The smallest absolute Gasteiger partial charge is 0.265 e. The summed E-state index contributed by atoms with van der Waals surface area (Å²) in [6.07, 6.45) is 3.64. The highest BCUT2D eigenvalue weighted by atomic mass is 35.5. The minimum absolute atomic E-state index is 0.0195. The van der Waals surface area contributed by atoms with Crippen molar-refractivity contribution in [2.45, 2.75) is 55.6 Å². The quantitative estimate of drug-likeness (QED) is 0.150. The molecule has 0 radical (unpaired) electrons. The van der Waals surface area contributed by atoms with Gasteiger partial charge in [0.05, 0.1) is 31.9 Å². The maximum Gasteiger partial charge on any atom is 0.265 e. The van der Waals surface area contributed by atoms with Gasteiger partial charge >= 0.3 is 0 Å². The first-order valence-electron chi connectivity index (χ1n) is 16.5. The number of ether oxygens (including phenoxy) is 3. The average Bonchev–Trinajstić information content (AvgIpc) is 3.65. The molecule has 2 amide bonds. The van der Waals surface area contributed by atoms with Crippen molar-refractivity contribution >= 4 is 39.1 Å². The van der Waals surface area contributed by atoms with Crippen molar-refractivity contribution < 1.29 is 36.6 Å². The number of hydrogen-bond donors (Lipinski definition) is 1. The molecule has 0 bridgehead atoms. The summed E-state index contributed by atoms with van der Waals surface area (Å²) in [5.41, 5.74) is 0.905. The molecule has 0 heterocycles. The Bertz CT molecular complexity index is 1940. The summed E-state index contributed by atoms with van der Waals surface area (Å²) in [6.45, 7) is -1.10. The van der Waals surface area contributed by atoms with Crippen LogP contribution in [0, 0.1) is 5.82 Å². The maximum absolute atomic E-state index is 15.2. The summed E-state index contributed by atoms with van der Waals surface area (Å²) in [4.78, 5) is 30.0. The molecule has 4 aromatic carbocycles. The van der Waals surface area contributed by atoms with Crippen LogP contribution in [0.15, 0.2) is 95.9 Å². The predicted octanol–water partition coefficient (Wildman–Crippen LogP) is 6.40. The molecular formula is C38H41ClFN3O7S. The third-order valence-corrected chi connectivity index (χ3v) is 10.9. The van der Waals surface area contributed by atoms with Crippen molar-refractivity contribution in [2.75, 3.05) is 32.2 Å². The van der Waals surface area contributed by atoms with Gasteiger partial charge in [-0.25, -0.2) is 12.8 Å². The van der Waals surface area contributed by atoms with Crippen LogP contribution < -0.4 is 23.8 Å². The van der Waals surface area contributed by atoms with Gasteiger partial charge < -0.3 is 24.4 Å². The summed E-state index contributed by atoms with van der Waals surface area (Å²) < 4.78 is 61.5. The fraction of sp³-hybridized carbons (Fsp3) is 0.316. The molecule has 1 N–H and O–H groups in total. The number of hydrogen-bond acceptors (Lipinski definition) is 7. The van der Waals surface area contributed by atoms with E-state index in [4.69, 9.17) is 25.8 Å². The van der Waals surface area contributed by atoms with Crippen LogP contribution in [-0.4, -0.2) is 65.1 Å². The molecule has 1 saturated carbocycles. The molecule has 0 aliphatic heterocycles. The first kappa shape index (κ1) is 37.4. The van der Waals surface area contributed by atoms with Crippen LogP contribution in [-0.2, 0) is 32.6 Å². The second-order valence-electron chi connectivity index (χ2n) is 12.2. The van der Waals surface area contributed by atoms with E-state index in [0.717, 1.165) is 35.6 Å². The summed E-state index contributed by atoms with van der Waals surface area (Å²) >= 11 is 6.38. The molecule has 4 aromatic rings. The zero-order valence-corrected chi connectivity index (χ0v) is 30.3. The van der Waals surface area contributed by atoms with Gasteiger partial charge in [-0.2, -0.15) is 0 Å². The van der Waals surface area contributed by atoms with E-state index >= 15 is 4.39 Å². The van der Waals surface area contributed by atoms with E-state index in [9.17, 15) is 18.0 Å². The standard InChI is InChI=1S/C38H41ClFN3O7S/c1-48-34-19-17-28(39)22-32(34)43(51(46,47)30-18-20-35(49-2)36(23-30)50-3)25-37(44)42(24-27-13-7-10-16-31(27)40)33(21-26-11-5-4-6-12-26)38(45)41-29-14-8-9-15-29/h4-7,10-13,16-20,22-23,29,33H,8-9,14-15,21,24-25H2,1-3H3,(H,41,45). The number of carbonyl (C=O) groups is 2.